The normalized spacial score (nSPS) is 10.6. The van der Waals surface area contributed by atoms with Crippen LogP contribution in [0.5, 0.6) is 5.88 Å². The summed E-state index contributed by atoms with van der Waals surface area (Å²) in [5, 5.41) is 3.31. The van der Waals surface area contributed by atoms with Gasteiger partial charge in [-0.2, -0.15) is 0 Å². The number of nitrogens with zero attached hydrogens (tertiary/aromatic N) is 1. The van der Waals surface area contributed by atoms with Crippen LogP contribution in [0.4, 0.5) is 0 Å². The van der Waals surface area contributed by atoms with Crippen LogP contribution in [0.1, 0.15) is 23.7 Å². The van der Waals surface area contributed by atoms with Crippen LogP contribution in [0.15, 0.2) is 40.9 Å². The lowest BCUT2D eigenvalue weighted by Gasteiger charge is -2.10. The maximum atomic E-state index is 5.81. The van der Waals surface area contributed by atoms with Crippen molar-refractivity contribution in [2.45, 2.75) is 27.0 Å². The molecule has 0 saturated carbocycles. The molecule has 0 radical (unpaired) electrons. The lowest BCUT2D eigenvalue weighted by molar-refractivity contribution is 0.292. The van der Waals surface area contributed by atoms with E-state index in [1.54, 1.807) is 0 Å². The fourth-order valence-corrected chi connectivity index (χ4v) is 2.32. The average molecular weight is 335 g/mol. The molecule has 1 aromatic carbocycles. The number of rotatable bonds is 6. The summed E-state index contributed by atoms with van der Waals surface area (Å²) >= 11 is 3.52. The molecule has 0 fully saturated rings. The van der Waals surface area contributed by atoms with E-state index in [4.69, 9.17) is 4.74 Å². The second-order valence-electron chi connectivity index (χ2n) is 4.62. The molecule has 3 nitrogen and oxygen atoms in total. The van der Waals surface area contributed by atoms with Gasteiger partial charge in [-0.25, -0.2) is 4.98 Å². The minimum Gasteiger partial charge on any atom is -0.473 e. The van der Waals surface area contributed by atoms with Gasteiger partial charge in [0.25, 0.3) is 0 Å². The van der Waals surface area contributed by atoms with Crippen LogP contribution >= 0.6 is 15.9 Å². The lowest BCUT2D eigenvalue weighted by Crippen LogP contribution is -2.12. The average Bonchev–Trinajstić information content (AvgIpc) is 2.44. The number of hydrogen-bond donors (Lipinski definition) is 1. The van der Waals surface area contributed by atoms with Crippen molar-refractivity contribution in [1.82, 2.24) is 10.3 Å². The molecule has 0 atom stereocenters. The summed E-state index contributed by atoms with van der Waals surface area (Å²) in [6.07, 6.45) is 0. The molecule has 2 aromatic rings. The molecule has 2 rings (SSSR count). The van der Waals surface area contributed by atoms with Crippen LogP contribution in [0, 0.1) is 6.92 Å². The quantitative estimate of drug-likeness (QED) is 0.871. The molecule has 1 N–H and O–H groups in total. The molecule has 1 aromatic heterocycles. The van der Waals surface area contributed by atoms with Gasteiger partial charge in [0.05, 0.1) is 0 Å². The molecule has 20 heavy (non-hydrogen) atoms. The second-order valence-corrected chi connectivity index (χ2v) is 5.47. The predicted molar refractivity (Wildman–Crippen MR) is 84.8 cm³/mol. The van der Waals surface area contributed by atoms with E-state index in [9.17, 15) is 0 Å². The topological polar surface area (TPSA) is 34.2 Å². The molecule has 0 unspecified atom stereocenters. The summed E-state index contributed by atoms with van der Waals surface area (Å²) < 4.78 is 6.86. The summed E-state index contributed by atoms with van der Waals surface area (Å²) in [5.74, 6) is 0.675. The van der Waals surface area contributed by atoms with E-state index in [1.165, 1.54) is 5.56 Å². The molecule has 0 amide bonds. The molecule has 106 valence electrons. The summed E-state index contributed by atoms with van der Waals surface area (Å²) in [6, 6.07) is 12.1. The Morgan fingerprint density at radius 3 is 2.80 bits per heavy atom. The number of hydrogen-bond acceptors (Lipinski definition) is 3. The fourth-order valence-electron chi connectivity index (χ4n) is 1.92. The molecule has 1 heterocycles. The van der Waals surface area contributed by atoms with Gasteiger partial charge < -0.3 is 10.1 Å². The van der Waals surface area contributed by atoms with Crippen LogP contribution in [0.2, 0.25) is 0 Å². The number of pyridine rings is 1. The first-order valence-corrected chi connectivity index (χ1v) is 7.53. The van der Waals surface area contributed by atoms with Crippen molar-refractivity contribution in [3.8, 4) is 5.88 Å². The van der Waals surface area contributed by atoms with Gasteiger partial charge >= 0.3 is 0 Å². The van der Waals surface area contributed by atoms with Crippen LogP contribution in [0.25, 0.3) is 0 Å². The molecule has 0 aliphatic rings. The smallest absolute Gasteiger partial charge is 0.214 e. The number of ether oxygens (including phenoxy) is 1. The van der Waals surface area contributed by atoms with Crippen LogP contribution in [-0.2, 0) is 13.2 Å². The van der Waals surface area contributed by atoms with Gasteiger partial charge in [-0.15, -0.1) is 0 Å². The Morgan fingerprint density at radius 1 is 1.25 bits per heavy atom. The molecule has 0 bridgehead atoms. The highest BCUT2D eigenvalue weighted by Gasteiger charge is 2.04. The lowest BCUT2D eigenvalue weighted by atomic mass is 10.2. The monoisotopic (exact) mass is 334 g/mol. The van der Waals surface area contributed by atoms with Crippen LogP contribution in [-0.4, -0.2) is 11.5 Å². The van der Waals surface area contributed by atoms with E-state index in [-0.39, 0.29) is 0 Å². The van der Waals surface area contributed by atoms with E-state index < -0.39 is 0 Å². The standard InChI is InChI=1S/C16H19BrN2O/c1-3-18-10-13-8-12(2)19-16(9-13)20-11-14-6-4-5-7-15(14)17/h4-9,18H,3,10-11H2,1-2H3. The van der Waals surface area contributed by atoms with Gasteiger partial charge in [-0.1, -0.05) is 41.1 Å². The minimum absolute atomic E-state index is 0.512. The third kappa shape index (κ3) is 4.32. The van der Waals surface area contributed by atoms with Gasteiger partial charge in [0, 0.05) is 28.3 Å². The number of aryl methyl sites for hydroxylation is 1. The first-order chi connectivity index (χ1) is 9.69. The number of aromatic nitrogens is 1. The molecule has 0 aliphatic carbocycles. The highest BCUT2D eigenvalue weighted by Crippen LogP contribution is 2.19. The Bertz CT molecular complexity index is 572. The van der Waals surface area contributed by atoms with E-state index in [1.807, 2.05) is 37.3 Å². The number of benzene rings is 1. The molecule has 0 aliphatic heterocycles. The van der Waals surface area contributed by atoms with Crippen molar-refractivity contribution in [1.29, 1.82) is 0 Å². The molecular formula is C16H19BrN2O. The van der Waals surface area contributed by atoms with Crippen molar-refractivity contribution < 1.29 is 4.74 Å². The van der Waals surface area contributed by atoms with Crippen LogP contribution < -0.4 is 10.1 Å². The number of nitrogens with one attached hydrogen (secondary N) is 1. The van der Waals surface area contributed by atoms with Crippen LogP contribution in [0.3, 0.4) is 0 Å². The largest absolute Gasteiger partial charge is 0.473 e. The molecular weight excluding hydrogens is 316 g/mol. The van der Waals surface area contributed by atoms with Crippen molar-refractivity contribution in [3.63, 3.8) is 0 Å². The Morgan fingerprint density at radius 2 is 2.05 bits per heavy atom. The zero-order valence-corrected chi connectivity index (χ0v) is 13.4. The maximum absolute atomic E-state index is 5.81. The zero-order valence-electron chi connectivity index (χ0n) is 11.8. The summed E-state index contributed by atoms with van der Waals surface area (Å²) in [5.41, 5.74) is 3.29. The molecule has 0 spiro atoms. The zero-order chi connectivity index (χ0) is 14.4. The van der Waals surface area contributed by atoms with E-state index >= 15 is 0 Å². The third-order valence-electron chi connectivity index (χ3n) is 2.90. The Balaban J connectivity index is 2.05. The number of halogens is 1. The Hall–Kier alpha value is -1.39. The SMILES string of the molecule is CCNCc1cc(C)nc(OCc2ccccc2Br)c1. The molecule has 4 heteroatoms. The fraction of sp³-hybridized carbons (Fsp3) is 0.312. The first kappa shape index (κ1) is 15.0. The Labute approximate surface area is 128 Å². The highest BCUT2D eigenvalue weighted by atomic mass is 79.9. The summed E-state index contributed by atoms with van der Waals surface area (Å²) in [4.78, 5) is 4.42. The van der Waals surface area contributed by atoms with Crippen molar-refractivity contribution in [3.05, 3.63) is 57.7 Å². The van der Waals surface area contributed by atoms with Crippen molar-refractivity contribution in [2.24, 2.45) is 0 Å². The minimum atomic E-state index is 0.512. The summed E-state index contributed by atoms with van der Waals surface area (Å²) in [6.45, 7) is 6.39. The van der Waals surface area contributed by atoms with Gasteiger partial charge in [0.1, 0.15) is 6.61 Å². The third-order valence-corrected chi connectivity index (χ3v) is 3.68. The van der Waals surface area contributed by atoms with Gasteiger partial charge in [-0.3, -0.25) is 0 Å². The van der Waals surface area contributed by atoms with Gasteiger partial charge in [0.15, 0.2) is 0 Å². The van der Waals surface area contributed by atoms with E-state index in [0.29, 0.717) is 12.5 Å². The molecule has 0 saturated heterocycles. The van der Waals surface area contributed by atoms with Gasteiger partial charge in [0.2, 0.25) is 5.88 Å². The maximum Gasteiger partial charge on any atom is 0.214 e. The van der Waals surface area contributed by atoms with E-state index in [2.05, 4.69) is 39.2 Å². The Kier molecular flexibility index (Phi) is 5.56. The summed E-state index contributed by atoms with van der Waals surface area (Å²) in [7, 11) is 0. The van der Waals surface area contributed by atoms with Gasteiger partial charge in [-0.05, 0) is 31.2 Å². The second kappa shape index (κ2) is 7.41. The first-order valence-electron chi connectivity index (χ1n) is 6.73. The predicted octanol–water partition coefficient (Wildman–Crippen LogP) is 3.84. The van der Waals surface area contributed by atoms with E-state index in [0.717, 1.165) is 28.8 Å². The van der Waals surface area contributed by atoms with Crippen molar-refractivity contribution >= 4 is 15.9 Å². The highest BCUT2D eigenvalue weighted by molar-refractivity contribution is 9.10. The van der Waals surface area contributed by atoms with Crippen molar-refractivity contribution in [2.75, 3.05) is 6.54 Å².